The number of carbonyl (C=O) groups is 1. The number of hydrogen-bond donors (Lipinski definition) is 0. The van der Waals surface area contributed by atoms with E-state index in [1.54, 1.807) is 0 Å². The fourth-order valence-electron chi connectivity index (χ4n) is 3.17. The van der Waals surface area contributed by atoms with Crippen molar-refractivity contribution in [2.24, 2.45) is 5.92 Å². The summed E-state index contributed by atoms with van der Waals surface area (Å²) in [4.78, 5) is 14.7. The summed E-state index contributed by atoms with van der Waals surface area (Å²) in [5.74, 6) is 0.619. The minimum atomic E-state index is 0.0769. The maximum absolute atomic E-state index is 12.6. The van der Waals surface area contributed by atoms with Crippen LogP contribution in [-0.2, 0) is 11.3 Å². The molecular weight excluding hydrogens is 248 g/mol. The van der Waals surface area contributed by atoms with Gasteiger partial charge in [-0.15, -0.1) is 0 Å². The van der Waals surface area contributed by atoms with E-state index < -0.39 is 0 Å². The van der Waals surface area contributed by atoms with Crippen molar-refractivity contribution >= 4 is 5.91 Å². The van der Waals surface area contributed by atoms with E-state index >= 15 is 0 Å². The molecule has 3 heteroatoms. The summed E-state index contributed by atoms with van der Waals surface area (Å²) >= 11 is 0. The standard InChI is InChI=1S/C17H18N2O/c20-17(14-8-9-14)19-12-11-18-10-4-7-15(18)16(19)13-5-2-1-3-6-13/h1-7,10,14,16H,8-9,11-12H2. The van der Waals surface area contributed by atoms with Gasteiger partial charge in [0.2, 0.25) is 5.91 Å². The number of carbonyl (C=O) groups excluding carboxylic acids is 1. The average Bonchev–Trinajstić information content (AvgIpc) is 3.24. The summed E-state index contributed by atoms with van der Waals surface area (Å²) in [6.45, 7) is 1.72. The second-order valence-electron chi connectivity index (χ2n) is 5.75. The first-order valence-electron chi connectivity index (χ1n) is 7.35. The topological polar surface area (TPSA) is 25.2 Å². The number of rotatable bonds is 2. The van der Waals surface area contributed by atoms with Crippen LogP contribution < -0.4 is 0 Å². The van der Waals surface area contributed by atoms with E-state index in [1.807, 2.05) is 6.07 Å². The largest absolute Gasteiger partial charge is 0.348 e. The van der Waals surface area contributed by atoms with E-state index in [-0.39, 0.29) is 12.0 Å². The van der Waals surface area contributed by atoms with Gasteiger partial charge in [-0.1, -0.05) is 30.3 Å². The number of aromatic nitrogens is 1. The predicted octanol–water partition coefficient (Wildman–Crippen LogP) is 2.83. The Morgan fingerprint density at radius 3 is 2.55 bits per heavy atom. The van der Waals surface area contributed by atoms with Gasteiger partial charge in [-0.25, -0.2) is 0 Å². The van der Waals surface area contributed by atoms with Gasteiger partial charge in [-0.3, -0.25) is 4.79 Å². The Hall–Kier alpha value is -2.03. The summed E-state index contributed by atoms with van der Waals surface area (Å²) in [7, 11) is 0. The van der Waals surface area contributed by atoms with Crippen LogP contribution in [-0.4, -0.2) is 21.9 Å². The Morgan fingerprint density at radius 1 is 1.00 bits per heavy atom. The molecule has 1 unspecified atom stereocenters. The van der Waals surface area contributed by atoms with Gasteiger partial charge in [0.05, 0.1) is 6.04 Å². The molecule has 20 heavy (non-hydrogen) atoms. The maximum atomic E-state index is 12.6. The molecule has 2 aromatic rings. The van der Waals surface area contributed by atoms with Gasteiger partial charge in [-0.05, 0) is 30.5 Å². The van der Waals surface area contributed by atoms with Gasteiger partial charge < -0.3 is 9.47 Å². The van der Waals surface area contributed by atoms with E-state index in [2.05, 4.69) is 52.1 Å². The van der Waals surface area contributed by atoms with Crippen LogP contribution in [0.3, 0.4) is 0 Å². The molecule has 0 saturated heterocycles. The van der Waals surface area contributed by atoms with Crippen molar-refractivity contribution in [2.75, 3.05) is 6.54 Å². The molecule has 1 saturated carbocycles. The highest BCUT2D eigenvalue weighted by Crippen LogP contribution is 2.38. The third-order valence-electron chi connectivity index (χ3n) is 4.36. The first kappa shape index (κ1) is 11.8. The van der Waals surface area contributed by atoms with Gasteiger partial charge in [0, 0.05) is 30.9 Å². The summed E-state index contributed by atoms with van der Waals surface area (Å²) in [6, 6.07) is 14.7. The quantitative estimate of drug-likeness (QED) is 0.820. The highest BCUT2D eigenvalue weighted by molar-refractivity contribution is 5.82. The molecular formula is C17H18N2O. The van der Waals surface area contributed by atoms with Gasteiger partial charge >= 0.3 is 0 Å². The fraction of sp³-hybridized carbons (Fsp3) is 0.353. The fourth-order valence-corrected chi connectivity index (χ4v) is 3.17. The van der Waals surface area contributed by atoms with Gasteiger partial charge in [-0.2, -0.15) is 0 Å². The Balaban J connectivity index is 1.78. The summed E-state index contributed by atoms with van der Waals surface area (Å²) in [6.07, 6.45) is 4.25. The van der Waals surface area contributed by atoms with E-state index in [0.717, 1.165) is 25.9 Å². The molecule has 1 aromatic carbocycles. The lowest BCUT2D eigenvalue weighted by atomic mass is 9.99. The van der Waals surface area contributed by atoms with Crippen LogP contribution in [0.15, 0.2) is 48.7 Å². The van der Waals surface area contributed by atoms with Gasteiger partial charge in [0.25, 0.3) is 0 Å². The first-order chi connectivity index (χ1) is 9.84. The van der Waals surface area contributed by atoms with Crippen molar-refractivity contribution in [1.29, 1.82) is 0 Å². The van der Waals surface area contributed by atoms with Gasteiger partial charge in [0.1, 0.15) is 0 Å². The van der Waals surface area contributed by atoms with Crippen LogP contribution in [0.2, 0.25) is 0 Å². The first-order valence-corrected chi connectivity index (χ1v) is 7.35. The Bertz CT molecular complexity index is 627. The lowest BCUT2D eigenvalue weighted by Gasteiger charge is -2.37. The van der Waals surface area contributed by atoms with Crippen LogP contribution in [0, 0.1) is 5.92 Å². The molecule has 1 fully saturated rings. The zero-order valence-electron chi connectivity index (χ0n) is 11.4. The van der Waals surface area contributed by atoms with Gasteiger partial charge in [0.15, 0.2) is 0 Å². The third kappa shape index (κ3) is 1.85. The third-order valence-corrected chi connectivity index (χ3v) is 4.36. The molecule has 1 aromatic heterocycles. The number of fused-ring (bicyclic) bond motifs is 1. The van der Waals surface area contributed by atoms with Crippen molar-refractivity contribution < 1.29 is 4.79 Å². The molecule has 0 N–H and O–H groups in total. The summed E-state index contributed by atoms with van der Waals surface area (Å²) in [5.41, 5.74) is 2.44. The van der Waals surface area contributed by atoms with Crippen molar-refractivity contribution in [2.45, 2.75) is 25.4 Å². The van der Waals surface area contributed by atoms with E-state index in [0.29, 0.717) is 5.91 Å². The van der Waals surface area contributed by atoms with Crippen LogP contribution in [0.1, 0.15) is 30.1 Å². The SMILES string of the molecule is O=C(C1CC1)N1CCn2cccc2C1c1ccccc1. The Morgan fingerprint density at radius 2 is 1.80 bits per heavy atom. The van der Waals surface area contributed by atoms with E-state index in [4.69, 9.17) is 0 Å². The second kappa shape index (κ2) is 4.51. The normalized spacial score (nSPS) is 21.6. The van der Waals surface area contributed by atoms with E-state index in [1.165, 1.54) is 11.3 Å². The molecule has 0 spiro atoms. The lowest BCUT2D eigenvalue weighted by Crippen LogP contribution is -2.43. The van der Waals surface area contributed by atoms with Crippen molar-refractivity contribution in [1.82, 2.24) is 9.47 Å². The predicted molar refractivity (Wildman–Crippen MR) is 77.2 cm³/mol. The van der Waals surface area contributed by atoms with Crippen molar-refractivity contribution in [3.05, 3.63) is 59.9 Å². The van der Waals surface area contributed by atoms with Crippen molar-refractivity contribution in [3.63, 3.8) is 0 Å². The minimum Gasteiger partial charge on any atom is -0.348 e. The molecule has 0 radical (unpaired) electrons. The number of hydrogen-bond acceptors (Lipinski definition) is 1. The second-order valence-corrected chi connectivity index (χ2v) is 5.75. The molecule has 1 atom stereocenters. The molecule has 1 aliphatic carbocycles. The zero-order valence-corrected chi connectivity index (χ0v) is 11.4. The monoisotopic (exact) mass is 266 g/mol. The molecule has 2 heterocycles. The van der Waals surface area contributed by atoms with E-state index in [9.17, 15) is 4.79 Å². The molecule has 1 amide bonds. The van der Waals surface area contributed by atoms with Crippen molar-refractivity contribution in [3.8, 4) is 0 Å². The molecule has 102 valence electrons. The number of benzene rings is 1. The number of amides is 1. The lowest BCUT2D eigenvalue weighted by molar-refractivity contribution is -0.135. The van der Waals surface area contributed by atoms with Crippen LogP contribution in [0.5, 0.6) is 0 Å². The maximum Gasteiger partial charge on any atom is 0.226 e. The zero-order chi connectivity index (χ0) is 13.5. The van der Waals surface area contributed by atoms with Crippen LogP contribution in [0.4, 0.5) is 0 Å². The smallest absolute Gasteiger partial charge is 0.226 e. The highest BCUT2D eigenvalue weighted by Gasteiger charge is 2.39. The summed E-state index contributed by atoms with van der Waals surface area (Å²) in [5, 5.41) is 0. The molecule has 4 rings (SSSR count). The molecule has 3 nitrogen and oxygen atoms in total. The molecule has 1 aliphatic heterocycles. The minimum absolute atomic E-state index is 0.0769. The molecule has 0 bridgehead atoms. The van der Waals surface area contributed by atoms with Crippen LogP contribution in [0.25, 0.3) is 0 Å². The average molecular weight is 266 g/mol. The highest BCUT2D eigenvalue weighted by atomic mass is 16.2. The summed E-state index contributed by atoms with van der Waals surface area (Å²) < 4.78 is 2.27. The Kier molecular flexibility index (Phi) is 2.66. The molecule has 2 aliphatic rings. The van der Waals surface area contributed by atoms with Crippen LogP contribution >= 0.6 is 0 Å². The Labute approximate surface area is 118 Å². The number of nitrogens with zero attached hydrogens (tertiary/aromatic N) is 2.